The zero-order valence-corrected chi connectivity index (χ0v) is 21.0. The molecule has 1 aliphatic carbocycles. The summed E-state index contributed by atoms with van der Waals surface area (Å²) in [5.41, 5.74) is 2.41. The minimum absolute atomic E-state index is 0.0766. The number of pyridine rings is 1. The Bertz CT molecular complexity index is 1410. The number of nitrogens with one attached hydrogen (secondary N) is 1. The lowest BCUT2D eigenvalue weighted by Crippen LogP contribution is -2.49. The maximum atomic E-state index is 13.7. The van der Waals surface area contributed by atoms with Crippen LogP contribution in [0.5, 0.6) is 0 Å². The van der Waals surface area contributed by atoms with Gasteiger partial charge in [0.1, 0.15) is 5.56 Å². The second-order valence-electron chi connectivity index (χ2n) is 10.0. The third kappa shape index (κ3) is 4.46. The first kappa shape index (κ1) is 24.6. The number of likely N-dealkylation sites (tertiary alicyclic amines) is 1. The van der Waals surface area contributed by atoms with Crippen molar-refractivity contribution < 1.29 is 9.59 Å². The average molecular weight is 494 g/mol. The summed E-state index contributed by atoms with van der Waals surface area (Å²) in [6.45, 7) is 1.13. The van der Waals surface area contributed by atoms with Gasteiger partial charge in [-0.3, -0.25) is 14.4 Å². The lowest BCUT2D eigenvalue weighted by atomic mass is 9.63. The summed E-state index contributed by atoms with van der Waals surface area (Å²) in [7, 11) is 1.63. The van der Waals surface area contributed by atoms with Crippen molar-refractivity contribution in [1.82, 2.24) is 14.8 Å². The topological polar surface area (TPSA) is 71.4 Å². The van der Waals surface area contributed by atoms with Gasteiger partial charge in [-0.2, -0.15) is 0 Å². The molecule has 2 aliphatic rings. The number of hydrogen-bond acceptors (Lipinski definition) is 3. The predicted octanol–water partition coefficient (Wildman–Crippen LogP) is 3.60. The van der Waals surface area contributed by atoms with E-state index in [1.165, 1.54) is 4.57 Å². The summed E-state index contributed by atoms with van der Waals surface area (Å²) >= 11 is 0. The van der Waals surface area contributed by atoms with Gasteiger partial charge in [-0.1, -0.05) is 60.5 Å². The number of aromatic nitrogens is 1. The fraction of sp³-hybridized carbons (Fsp3) is 0.323. The molecule has 0 unspecified atom stereocenters. The summed E-state index contributed by atoms with van der Waals surface area (Å²) in [6.07, 6.45) is 10.5. The summed E-state index contributed by atoms with van der Waals surface area (Å²) in [6, 6.07) is 21.4. The monoisotopic (exact) mass is 493 g/mol. The highest BCUT2D eigenvalue weighted by Gasteiger charge is 2.43. The molecule has 188 valence electrons. The zero-order valence-electron chi connectivity index (χ0n) is 21.0. The molecule has 0 radical (unpaired) electrons. The molecular formula is C31H31N3O3. The van der Waals surface area contributed by atoms with Gasteiger partial charge in [-0.05, 0) is 54.5 Å². The fourth-order valence-corrected chi connectivity index (χ4v) is 5.85. The van der Waals surface area contributed by atoms with Crippen LogP contribution in [-0.2, 0) is 17.3 Å². The van der Waals surface area contributed by atoms with E-state index in [0.29, 0.717) is 38.8 Å². The first-order chi connectivity index (χ1) is 17.9. The van der Waals surface area contributed by atoms with Crippen LogP contribution in [0.1, 0.15) is 58.6 Å². The van der Waals surface area contributed by atoms with Crippen LogP contribution in [-0.4, -0.2) is 40.4 Å². The van der Waals surface area contributed by atoms with Crippen molar-refractivity contribution in [3.8, 4) is 12.3 Å². The largest absolute Gasteiger partial charge is 0.349 e. The van der Waals surface area contributed by atoms with Crippen LogP contribution in [0.4, 0.5) is 0 Å². The first-order valence-corrected chi connectivity index (χ1v) is 12.8. The molecule has 2 atom stereocenters. The summed E-state index contributed by atoms with van der Waals surface area (Å²) < 4.78 is 1.39. The van der Waals surface area contributed by atoms with E-state index in [1.807, 2.05) is 41.3 Å². The van der Waals surface area contributed by atoms with E-state index in [1.54, 1.807) is 25.4 Å². The molecule has 37 heavy (non-hydrogen) atoms. The number of benzene rings is 2. The van der Waals surface area contributed by atoms with Crippen molar-refractivity contribution >= 4 is 11.8 Å². The Morgan fingerprint density at radius 3 is 2.41 bits per heavy atom. The highest BCUT2D eigenvalue weighted by molar-refractivity contribution is 5.94. The second-order valence-corrected chi connectivity index (χ2v) is 10.0. The molecule has 1 saturated heterocycles. The van der Waals surface area contributed by atoms with Crippen LogP contribution in [0.3, 0.4) is 0 Å². The van der Waals surface area contributed by atoms with Crippen LogP contribution in [0, 0.1) is 12.3 Å². The van der Waals surface area contributed by atoms with Crippen LogP contribution in [0.15, 0.2) is 77.7 Å². The van der Waals surface area contributed by atoms with E-state index in [0.717, 1.165) is 16.7 Å². The number of rotatable bonds is 4. The standard InChI is InChI=1S/C31H31N3O3/c1-3-31(22-10-5-4-6-11-22)18-15-25(24-12-7-8-14-27(24)31)30(37)34-20-16-23(17-21-34)32-28(35)26-13-9-19-33(2)29(26)36/h1,4-14,19,23,25H,15-18,20-21H2,2H3,(H,32,35)/t25-,31-/m0/s1. The van der Waals surface area contributed by atoms with Crippen LogP contribution >= 0.6 is 0 Å². The lowest BCUT2D eigenvalue weighted by molar-refractivity contribution is -0.134. The normalized spacial score (nSPS) is 21.5. The fourth-order valence-electron chi connectivity index (χ4n) is 5.85. The number of carbonyl (C=O) groups is 2. The first-order valence-electron chi connectivity index (χ1n) is 12.8. The molecule has 3 aromatic rings. The number of fused-ring (bicyclic) bond motifs is 1. The lowest BCUT2D eigenvalue weighted by Gasteiger charge is -2.41. The van der Waals surface area contributed by atoms with Crippen LogP contribution in [0.2, 0.25) is 0 Å². The number of amides is 2. The van der Waals surface area contributed by atoms with Gasteiger partial charge in [0.05, 0.1) is 11.3 Å². The molecule has 6 nitrogen and oxygen atoms in total. The van der Waals surface area contributed by atoms with E-state index >= 15 is 0 Å². The molecule has 0 saturated carbocycles. The van der Waals surface area contributed by atoms with Gasteiger partial charge in [-0.25, -0.2) is 0 Å². The maximum absolute atomic E-state index is 13.7. The van der Waals surface area contributed by atoms with Gasteiger partial charge in [-0.15, -0.1) is 6.42 Å². The molecule has 0 bridgehead atoms. The predicted molar refractivity (Wildman–Crippen MR) is 143 cm³/mol. The smallest absolute Gasteiger partial charge is 0.263 e. The number of carbonyl (C=O) groups excluding carboxylic acids is 2. The Labute approximate surface area is 217 Å². The quantitative estimate of drug-likeness (QED) is 0.565. The highest BCUT2D eigenvalue weighted by atomic mass is 16.2. The number of aryl methyl sites for hydroxylation is 1. The zero-order chi connectivity index (χ0) is 26.0. The minimum atomic E-state index is -0.541. The SMILES string of the molecule is C#C[C@@]1(c2ccccc2)CC[C@H](C(=O)N2CCC(NC(=O)c3cccn(C)c3=O)CC2)c2ccccc21. The third-order valence-electron chi connectivity index (χ3n) is 7.92. The molecule has 1 aromatic heterocycles. The molecule has 0 spiro atoms. The van der Waals surface area contributed by atoms with Gasteiger partial charge < -0.3 is 14.8 Å². The van der Waals surface area contributed by atoms with E-state index < -0.39 is 5.41 Å². The van der Waals surface area contributed by atoms with Crippen molar-refractivity contribution in [2.45, 2.75) is 43.1 Å². The molecule has 1 fully saturated rings. The van der Waals surface area contributed by atoms with Crippen molar-refractivity contribution in [1.29, 1.82) is 0 Å². The van der Waals surface area contributed by atoms with E-state index in [2.05, 4.69) is 29.4 Å². The van der Waals surface area contributed by atoms with Crippen molar-refractivity contribution in [2.75, 3.05) is 13.1 Å². The van der Waals surface area contributed by atoms with E-state index in [4.69, 9.17) is 6.42 Å². The molecule has 1 aliphatic heterocycles. The molecule has 2 aromatic carbocycles. The van der Waals surface area contributed by atoms with Gasteiger partial charge in [0, 0.05) is 32.4 Å². The highest BCUT2D eigenvalue weighted by Crippen LogP contribution is 2.47. The molecule has 2 amide bonds. The maximum Gasteiger partial charge on any atom is 0.263 e. The number of piperidine rings is 1. The average Bonchev–Trinajstić information content (AvgIpc) is 2.94. The Morgan fingerprint density at radius 2 is 1.68 bits per heavy atom. The Hall–Kier alpha value is -4.11. The van der Waals surface area contributed by atoms with Gasteiger partial charge in [0.15, 0.2) is 0 Å². The molecule has 5 rings (SSSR count). The Morgan fingerprint density at radius 1 is 0.973 bits per heavy atom. The molecule has 6 heteroatoms. The van der Waals surface area contributed by atoms with Gasteiger partial charge >= 0.3 is 0 Å². The van der Waals surface area contributed by atoms with E-state index in [-0.39, 0.29) is 34.9 Å². The van der Waals surface area contributed by atoms with E-state index in [9.17, 15) is 14.4 Å². The number of hydrogen-bond donors (Lipinski definition) is 1. The number of nitrogens with zero attached hydrogens (tertiary/aromatic N) is 2. The van der Waals surface area contributed by atoms with Crippen molar-refractivity contribution in [3.05, 3.63) is 106 Å². The summed E-state index contributed by atoms with van der Waals surface area (Å²) in [5, 5.41) is 2.98. The van der Waals surface area contributed by atoms with Crippen LogP contribution < -0.4 is 10.9 Å². The third-order valence-corrected chi connectivity index (χ3v) is 7.92. The van der Waals surface area contributed by atoms with Crippen LogP contribution in [0.25, 0.3) is 0 Å². The molecule has 1 N–H and O–H groups in total. The van der Waals surface area contributed by atoms with Crippen molar-refractivity contribution in [2.24, 2.45) is 7.05 Å². The Kier molecular flexibility index (Phi) is 6.71. The molecule has 2 heterocycles. The Balaban J connectivity index is 1.29. The van der Waals surface area contributed by atoms with Gasteiger partial charge in [0.2, 0.25) is 5.91 Å². The number of terminal acetylenes is 1. The summed E-state index contributed by atoms with van der Waals surface area (Å²) in [4.78, 5) is 40.6. The van der Waals surface area contributed by atoms with Gasteiger partial charge in [0.25, 0.3) is 11.5 Å². The minimum Gasteiger partial charge on any atom is -0.349 e. The second kappa shape index (κ2) is 10.1. The van der Waals surface area contributed by atoms with Crippen molar-refractivity contribution in [3.63, 3.8) is 0 Å². The molecular weight excluding hydrogens is 462 g/mol. The summed E-state index contributed by atoms with van der Waals surface area (Å²) in [5.74, 6) is 2.60.